The van der Waals surface area contributed by atoms with Crippen LogP contribution >= 0.6 is 11.6 Å². The van der Waals surface area contributed by atoms with Gasteiger partial charge in [0.1, 0.15) is 0 Å². The van der Waals surface area contributed by atoms with Gasteiger partial charge in [-0.2, -0.15) is 0 Å². The number of amides is 2. The molecule has 2 saturated heterocycles. The van der Waals surface area contributed by atoms with E-state index in [1.807, 2.05) is 54.3 Å². The predicted molar refractivity (Wildman–Crippen MR) is 132 cm³/mol. The van der Waals surface area contributed by atoms with Crippen LogP contribution in [0.4, 0.5) is 0 Å². The number of hydrogen-bond acceptors (Lipinski definition) is 3. The van der Waals surface area contributed by atoms with E-state index in [1.54, 1.807) is 0 Å². The lowest BCUT2D eigenvalue weighted by atomic mass is 9.94. The van der Waals surface area contributed by atoms with Crippen molar-refractivity contribution in [3.8, 4) is 0 Å². The van der Waals surface area contributed by atoms with Crippen LogP contribution in [0.25, 0.3) is 0 Å². The van der Waals surface area contributed by atoms with Crippen molar-refractivity contribution >= 4 is 23.4 Å². The highest BCUT2D eigenvalue weighted by Gasteiger charge is 2.29. The molecule has 0 aromatic heterocycles. The van der Waals surface area contributed by atoms with Gasteiger partial charge in [0.15, 0.2) is 0 Å². The lowest BCUT2D eigenvalue weighted by molar-refractivity contribution is -0.126. The van der Waals surface area contributed by atoms with E-state index in [2.05, 4.69) is 16.3 Å². The number of nitrogens with zero attached hydrogens (tertiary/aromatic N) is 2. The molecule has 1 atom stereocenters. The molecule has 2 amide bonds. The molecule has 0 aliphatic carbocycles. The third kappa shape index (κ3) is 6.36. The highest BCUT2D eigenvalue weighted by molar-refractivity contribution is 6.31. The summed E-state index contributed by atoms with van der Waals surface area (Å²) in [6.45, 7) is 6.87. The Morgan fingerprint density at radius 2 is 1.82 bits per heavy atom. The van der Waals surface area contributed by atoms with Crippen LogP contribution in [0.1, 0.15) is 47.2 Å². The van der Waals surface area contributed by atoms with Crippen LogP contribution in [0.15, 0.2) is 48.5 Å². The number of rotatable bonds is 6. The van der Waals surface area contributed by atoms with Gasteiger partial charge < -0.3 is 10.2 Å². The fourth-order valence-electron chi connectivity index (χ4n) is 4.94. The Morgan fingerprint density at radius 1 is 1.03 bits per heavy atom. The summed E-state index contributed by atoms with van der Waals surface area (Å²) >= 11 is 6.30. The Hall–Kier alpha value is -2.37. The summed E-state index contributed by atoms with van der Waals surface area (Å²) < 4.78 is 0. The van der Waals surface area contributed by atoms with E-state index in [0.717, 1.165) is 69.0 Å². The van der Waals surface area contributed by atoms with Crippen molar-refractivity contribution in [1.82, 2.24) is 15.1 Å². The highest BCUT2D eigenvalue weighted by Crippen LogP contribution is 2.23. The van der Waals surface area contributed by atoms with E-state index >= 15 is 0 Å². The Kier molecular flexibility index (Phi) is 8.05. The second-order valence-corrected chi connectivity index (χ2v) is 9.92. The van der Waals surface area contributed by atoms with E-state index in [4.69, 9.17) is 11.6 Å². The van der Waals surface area contributed by atoms with Gasteiger partial charge in [-0.05, 0) is 75.4 Å². The van der Waals surface area contributed by atoms with Crippen LogP contribution in [-0.4, -0.2) is 54.3 Å². The first-order valence-electron chi connectivity index (χ1n) is 12.1. The molecule has 2 fully saturated rings. The van der Waals surface area contributed by atoms with E-state index in [0.29, 0.717) is 18.0 Å². The van der Waals surface area contributed by atoms with Crippen LogP contribution < -0.4 is 5.32 Å². The molecule has 2 aliphatic rings. The van der Waals surface area contributed by atoms with E-state index in [1.165, 1.54) is 5.56 Å². The molecule has 5 nitrogen and oxygen atoms in total. The maximum Gasteiger partial charge on any atom is 0.253 e. The van der Waals surface area contributed by atoms with Crippen molar-refractivity contribution < 1.29 is 9.59 Å². The zero-order chi connectivity index (χ0) is 23.2. The van der Waals surface area contributed by atoms with Crippen molar-refractivity contribution in [2.45, 2.75) is 39.2 Å². The van der Waals surface area contributed by atoms with E-state index in [9.17, 15) is 9.59 Å². The molecule has 2 heterocycles. The summed E-state index contributed by atoms with van der Waals surface area (Å²) in [6, 6.07) is 15.7. The smallest absolute Gasteiger partial charge is 0.253 e. The van der Waals surface area contributed by atoms with Crippen LogP contribution in [0.3, 0.4) is 0 Å². The maximum absolute atomic E-state index is 12.9. The molecule has 1 N–H and O–H groups in total. The van der Waals surface area contributed by atoms with Crippen LogP contribution in [-0.2, 0) is 11.3 Å². The number of halogens is 1. The SMILES string of the molecule is Cc1cccc(C(=O)N2CCC[C@H](C(=O)NCC3CCN(Cc4ccccc4Cl)CC3)C2)c1. The van der Waals surface area contributed by atoms with Gasteiger partial charge in [-0.15, -0.1) is 0 Å². The molecule has 0 unspecified atom stereocenters. The summed E-state index contributed by atoms with van der Waals surface area (Å²) in [5, 5.41) is 4.02. The average Bonchev–Trinajstić information content (AvgIpc) is 2.84. The van der Waals surface area contributed by atoms with Gasteiger partial charge in [-0.1, -0.05) is 47.5 Å². The molecule has 2 aromatic rings. The second kappa shape index (κ2) is 11.2. The van der Waals surface area contributed by atoms with Gasteiger partial charge >= 0.3 is 0 Å². The number of carbonyl (C=O) groups is 2. The third-order valence-electron chi connectivity index (χ3n) is 6.97. The monoisotopic (exact) mass is 467 g/mol. The van der Waals surface area contributed by atoms with Crippen molar-refractivity contribution in [1.29, 1.82) is 0 Å². The molecule has 0 radical (unpaired) electrons. The number of benzene rings is 2. The number of likely N-dealkylation sites (tertiary alicyclic amines) is 2. The summed E-state index contributed by atoms with van der Waals surface area (Å²) in [7, 11) is 0. The lowest BCUT2D eigenvalue weighted by Crippen LogP contribution is -2.46. The Morgan fingerprint density at radius 3 is 2.58 bits per heavy atom. The van der Waals surface area contributed by atoms with Gasteiger partial charge in [-0.3, -0.25) is 14.5 Å². The van der Waals surface area contributed by atoms with Crippen molar-refractivity contribution in [2.24, 2.45) is 11.8 Å². The molecule has 0 bridgehead atoms. The average molecular weight is 468 g/mol. The second-order valence-electron chi connectivity index (χ2n) is 9.52. The minimum absolute atomic E-state index is 0.0297. The van der Waals surface area contributed by atoms with Crippen LogP contribution in [0.2, 0.25) is 5.02 Å². The summed E-state index contributed by atoms with van der Waals surface area (Å²) in [4.78, 5) is 30.0. The molecule has 0 saturated carbocycles. The molecule has 2 aromatic carbocycles. The number of nitrogens with one attached hydrogen (secondary N) is 1. The van der Waals surface area contributed by atoms with Gasteiger partial charge in [0.2, 0.25) is 5.91 Å². The topological polar surface area (TPSA) is 52.7 Å². The fourth-order valence-corrected chi connectivity index (χ4v) is 5.14. The van der Waals surface area contributed by atoms with E-state index < -0.39 is 0 Å². The van der Waals surface area contributed by atoms with Gasteiger partial charge in [0, 0.05) is 36.8 Å². The molecular formula is C27H34ClN3O2. The molecule has 176 valence electrons. The van der Waals surface area contributed by atoms with Crippen molar-refractivity contribution in [3.05, 3.63) is 70.2 Å². The maximum atomic E-state index is 12.9. The van der Waals surface area contributed by atoms with Gasteiger partial charge in [0.25, 0.3) is 5.91 Å². The van der Waals surface area contributed by atoms with Gasteiger partial charge in [-0.25, -0.2) is 0 Å². The first-order chi connectivity index (χ1) is 16.0. The zero-order valence-electron chi connectivity index (χ0n) is 19.4. The van der Waals surface area contributed by atoms with Crippen molar-refractivity contribution in [3.63, 3.8) is 0 Å². The van der Waals surface area contributed by atoms with Crippen LogP contribution in [0, 0.1) is 18.8 Å². The normalized spacial score (nSPS) is 19.9. The molecular weight excluding hydrogens is 434 g/mol. The largest absolute Gasteiger partial charge is 0.356 e. The highest BCUT2D eigenvalue weighted by atomic mass is 35.5. The van der Waals surface area contributed by atoms with Gasteiger partial charge in [0.05, 0.1) is 5.92 Å². The Bertz CT molecular complexity index is 971. The summed E-state index contributed by atoms with van der Waals surface area (Å²) in [6.07, 6.45) is 3.87. The molecule has 0 spiro atoms. The lowest BCUT2D eigenvalue weighted by Gasteiger charge is -2.34. The minimum Gasteiger partial charge on any atom is -0.356 e. The number of aryl methyl sites for hydroxylation is 1. The predicted octanol–water partition coefficient (Wildman–Crippen LogP) is 4.53. The molecule has 4 rings (SSSR count). The first kappa shape index (κ1) is 23.8. The standard InChI is InChI=1S/C27H34ClN3O2/c1-20-6-4-8-22(16-20)27(33)31-13-5-9-24(19-31)26(32)29-17-21-11-14-30(15-12-21)18-23-7-2-3-10-25(23)28/h2-4,6-8,10,16,21,24H,5,9,11-15,17-19H2,1H3,(H,29,32)/t24-/m0/s1. The molecule has 2 aliphatic heterocycles. The number of carbonyl (C=O) groups excluding carboxylic acids is 2. The number of piperidine rings is 2. The summed E-state index contributed by atoms with van der Waals surface area (Å²) in [5.41, 5.74) is 2.96. The fraction of sp³-hybridized carbons (Fsp3) is 0.481. The first-order valence-corrected chi connectivity index (χ1v) is 12.5. The van der Waals surface area contributed by atoms with Crippen molar-refractivity contribution in [2.75, 3.05) is 32.7 Å². The zero-order valence-corrected chi connectivity index (χ0v) is 20.2. The number of hydrogen-bond donors (Lipinski definition) is 1. The Labute approximate surface area is 202 Å². The Balaban J connectivity index is 1.21. The minimum atomic E-state index is -0.118. The quantitative estimate of drug-likeness (QED) is 0.679. The van der Waals surface area contributed by atoms with Crippen LogP contribution in [0.5, 0.6) is 0 Å². The molecule has 33 heavy (non-hydrogen) atoms. The summed E-state index contributed by atoms with van der Waals surface area (Å²) in [5.74, 6) is 0.509. The van der Waals surface area contributed by atoms with E-state index in [-0.39, 0.29) is 17.7 Å². The third-order valence-corrected chi connectivity index (χ3v) is 7.34. The molecule has 6 heteroatoms.